The number of rotatable bonds is 23. The topological polar surface area (TPSA) is 209 Å². The lowest BCUT2D eigenvalue weighted by molar-refractivity contribution is -0.135. The number of allylic oxidation sites excluding steroid dienone is 1. The second kappa shape index (κ2) is 23.8. The number of primary amides is 1. The number of carbonyl (C=O) groups excluding carboxylic acids is 7. The van der Waals surface area contributed by atoms with E-state index in [-0.39, 0.29) is 62.2 Å². The van der Waals surface area contributed by atoms with Gasteiger partial charge in [0.1, 0.15) is 12.4 Å². The summed E-state index contributed by atoms with van der Waals surface area (Å²) in [4.78, 5) is 85.9. The summed E-state index contributed by atoms with van der Waals surface area (Å²) in [6.07, 6.45) is 5.03. The highest BCUT2D eigenvalue weighted by atomic mass is 16.7. The van der Waals surface area contributed by atoms with E-state index in [1.54, 1.807) is 36.4 Å². The maximum absolute atomic E-state index is 13.5. The first-order valence-corrected chi connectivity index (χ1v) is 17.7. The number of aryl methyl sites for hydroxylation is 1. The number of anilines is 1. The molecule has 0 heterocycles. The molecule has 288 valence electrons. The van der Waals surface area contributed by atoms with Crippen molar-refractivity contribution >= 4 is 47.2 Å². The van der Waals surface area contributed by atoms with E-state index in [9.17, 15) is 33.6 Å². The highest BCUT2D eigenvalue weighted by molar-refractivity contribution is 5.97. The molecule has 2 aromatic carbocycles. The number of nitrogens with two attached hydrogens (primary N) is 1. The van der Waals surface area contributed by atoms with E-state index in [4.69, 9.17) is 15.2 Å². The Labute approximate surface area is 310 Å². The molecule has 0 aliphatic carbocycles. The zero-order chi connectivity index (χ0) is 39.2. The number of Topliss-reactive ketones (excluding diaryl/α,β-unsaturated/α-hetero) is 1. The Morgan fingerprint density at radius 3 is 2.11 bits per heavy atom. The number of benzene rings is 2. The second-order valence-corrected chi connectivity index (χ2v) is 13.0. The summed E-state index contributed by atoms with van der Waals surface area (Å²) >= 11 is 0. The molecule has 0 spiro atoms. The first kappa shape index (κ1) is 43.6. The molecule has 0 fully saturated rings. The summed E-state index contributed by atoms with van der Waals surface area (Å²) in [5, 5.41) is 8.15. The minimum absolute atomic E-state index is 0.0518. The molecule has 0 saturated heterocycles. The van der Waals surface area contributed by atoms with E-state index >= 15 is 0 Å². The van der Waals surface area contributed by atoms with Gasteiger partial charge in [-0.3, -0.25) is 19.2 Å². The molecule has 2 rings (SSSR count). The second-order valence-electron chi connectivity index (χ2n) is 13.0. The lowest BCUT2D eigenvalue weighted by Gasteiger charge is -2.24. The van der Waals surface area contributed by atoms with Crippen molar-refractivity contribution in [3.05, 3.63) is 71.8 Å². The normalized spacial score (nSPS) is 12.0. The third kappa shape index (κ3) is 18.5. The fourth-order valence-corrected chi connectivity index (χ4v) is 5.17. The van der Waals surface area contributed by atoms with Crippen LogP contribution in [0.15, 0.2) is 60.7 Å². The standard InChI is InChI=1S/C39H52N4O10/c1-26(2)36(43-34(46)12-8-6-5-7-11-31(44)19-22-35(47)51-4)33(45)24-29(10-9-23-41-38(40)49)37(48)42-30-17-15-28(16-18-30)25-52-39(50)53-32-20-13-27(3)14-21-32/h13-22,26,29,36H,5-12,23-25H2,1-4H3,(H,42,48)(H,43,46)(H3,40,41,49)/b22-19-/t29-,36+/m1/s1. The number of amides is 4. The minimum atomic E-state index is -0.853. The zero-order valence-corrected chi connectivity index (χ0v) is 30.9. The van der Waals surface area contributed by atoms with Crippen molar-refractivity contribution in [3.63, 3.8) is 0 Å². The summed E-state index contributed by atoms with van der Waals surface area (Å²) < 4.78 is 14.8. The van der Waals surface area contributed by atoms with Crippen LogP contribution in [0, 0.1) is 18.8 Å². The maximum Gasteiger partial charge on any atom is 0.514 e. The summed E-state index contributed by atoms with van der Waals surface area (Å²) in [5.41, 5.74) is 7.31. The van der Waals surface area contributed by atoms with Crippen LogP contribution in [0.1, 0.15) is 82.8 Å². The predicted molar refractivity (Wildman–Crippen MR) is 198 cm³/mol. The Kier molecular flexibility index (Phi) is 19.6. The number of carbonyl (C=O) groups is 7. The number of ketones is 2. The number of urea groups is 1. The molecule has 53 heavy (non-hydrogen) atoms. The van der Waals surface area contributed by atoms with Gasteiger partial charge in [0.25, 0.3) is 0 Å². The Bertz CT molecular complexity index is 1550. The number of hydrogen-bond acceptors (Lipinski definition) is 10. The van der Waals surface area contributed by atoms with E-state index in [0.717, 1.165) is 18.1 Å². The van der Waals surface area contributed by atoms with Crippen LogP contribution in [0.4, 0.5) is 15.3 Å². The van der Waals surface area contributed by atoms with Crippen LogP contribution in [-0.4, -0.2) is 61.2 Å². The van der Waals surface area contributed by atoms with Gasteiger partial charge in [-0.25, -0.2) is 14.4 Å². The Balaban J connectivity index is 1.91. The van der Waals surface area contributed by atoms with Gasteiger partial charge < -0.3 is 35.9 Å². The number of unbranched alkanes of at least 4 members (excludes halogenated alkanes) is 3. The van der Waals surface area contributed by atoms with Crippen LogP contribution in [-0.2, 0) is 40.1 Å². The van der Waals surface area contributed by atoms with Crippen molar-refractivity contribution in [2.45, 2.75) is 91.2 Å². The van der Waals surface area contributed by atoms with Gasteiger partial charge in [-0.2, -0.15) is 0 Å². The number of ether oxygens (including phenoxy) is 3. The van der Waals surface area contributed by atoms with Gasteiger partial charge in [0.05, 0.1) is 13.2 Å². The number of esters is 1. The number of hydrogen-bond donors (Lipinski definition) is 4. The van der Waals surface area contributed by atoms with Crippen LogP contribution in [0.25, 0.3) is 0 Å². The van der Waals surface area contributed by atoms with Gasteiger partial charge in [-0.05, 0) is 74.4 Å². The van der Waals surface area contributed by atoms with Crippen molar-refractivity contribution in [2.75, 3.05) is 19.0 Å². The first-order chi connectivity index (χ1) is 25.3. The van der Waals surface area contributed by atoms with Crippen LogP contribution < -0.4 is 26.4 Å². The molecular weight excluding hydrogens is 684 g/mol. The van der Waals surface area contributed by atoms with Crippen molar-refractivity contribution < 1.29 is 47.8 Å². The molecule has 0 saturated carbocycles. The van der Waals surface area contributed by atoms with E-state index in [1.807, 2.05) is 32.9 Å². The Hall–Kier alpha value is -5.53. The molecule has 0 bridgehead atoms. The molecule has 4 amide bonds. The van der Waals surface area contributed by atoms with Gasteiger partial charge in [0.2, 0.25) is 11.8 Å². The summed E-state index contributed by atoms with van der Waals surface area (Å²) in [6.45, 7) is 5.71. The quantitative estimate of drug-likeness (QED) is 0.0491. The third-order valence-corrected chi connectivity index (χ3v) is 8.16. The predicted octanol–water partition coefficient (Wildman–Crippen LogP) is 5.45. The van der Waals surface area contributed by atoms with Gasteiger partial charge in [0.15, 0.2) is 11.6 Å². The van der Waals surface area contributed by atoms with Gasteiger partial charge >= 0.3 is 18.2 Å². The number of nitrogens with one attached hydrogen (secondary N) is 3. The van der Waals surface area contributed by atoms with E-state index < -0.39 is 36.0 Å². The largest absolute Gasteiger partial charge is 0.514 e. The average Bonchev–Trinajstić information content (AvgIpc) is 3.12. The minimum Gasteiger partial charge on any atom is -0.466 e. The fourth-order valence-electron chi connectivity index (χ4n) is 5.17. The summed E-state index contributed by atoms with van der Waals surface area (Å²) in [6, 6.07) is 12.1. The van der Waals surface area contributed by atoms with Crippen molar-refractivity contribution in [1.29, 1.82) is 0 Å². The monoisotopic (exact) mass is 736 g/mol. The molecule has 2 atom stereocenters. The van der Waals surface area contributed by atoms with Crippen LogP contribution in [0.2, 0.25) is 0 Å². The molecule has 0 aliphatic rings. The molecule has 0 unspecified atom stereocenters. The van der Waals surface area contributed by atoms with Crippen LogP contribution >= 0.6 is 0 Å². The molecule has 0 radical (unpaired) electrons. The average molecular weight is 737 g/mol. The van der Waals surface area contributed by atoms with Gasteiger partial charge in [-0.1, -0.05) is 56.5 Å². The maximum atomic E-state index is 13.5. The smallest absolute Gasteiger partial charge is 0.466 e. The molecule has 5 N–H and O–H groups in total. The van der Waals surface area contributed by atoms with Gasteiger partial charge in [0, 0.05) is 43.5 Å². The van der Waals surface area contributed by atoms with Crippen LogP contribution in [0.3, 0.4) is 0 Å². The fraction of sp³-hybridized carbons (Fsp3) is 0.462. The molecule has 14 nitrogen and oxygen atoms in total. The zero-order valence-electron chi connectivity index (χ0n) is 30.9. The molecule has 2 aromatic rings. The van der Waals surface area contributed by atoms with Crippen LogP contribution in [0.5, 0.6) is 5.75 Å². The van der Waals surface area contributed by atoms with Crippen molar-refractivity contribution in [2.24, 2.45) is 17.6 Å². The van der Waals surface area contributed by atoms with E-state index in [1.165, 1.54) is 13.2 Å². The summed E-state index contributed by atoms with van der Waals surface area (Å²) in [5.74, 6) is -2.39. The molecule has 14 heteroatoms. The molecule has 0 aromatic heterocycles. The lowest BCUT2D eigenvalue weighted by Crippen LogP contribution is -2.45. The van der Waals surface area contributed by atoms with Gasteiger partial charge in [-0.15, -0.1) is 0 Å². The lowest BCUT2D eigenvalue weighted by atomic mass is 9.89. The molecule has 0 aliphatic heterocycles. The first-order valence-electron chi connectivity index (χ1n) is 17.7. The van der Waals surface area contributed by atoms with E-state index in [2.05, 4.69) is 20.7 Å². The van der Waals surface area contributed by atoms with E-state index in [0.29, 0.717) is 42.7 Å². The third-order valence-electron chi connectivity index (χ3n) is 8.16. The van der Waals surface area contributed by atoms with Crippen molar-refractivity contribution in [1.82, 2.24) is 10.6 Å². The highest BCUT2D eigenvalue weighted by Crippen LogP contribution is 2.20. The molecular formula is C39H52N4O10. The number of methoxy groups -OCH3 is 1. The Morgan fingerprint density at radius 1 is 0.830 bits per heavy atom. The SMILES string of the molecule is COC(=O)/C=C\C(=O)CCCCCCC(=O)N[C@H](C(=O)C[C@@H](CCCNC(N)=O)C(=O)Nc1ccc(COC(=O)Oc2ccc(C)cc2)cc1)C(C)C. The van der Waals surface area contributed by atoms with Crippen molar-refractivity contribution in [3.8, 4) is 5.75 Å². The summed E-state index contributed by atoms with van der Waals surface area (Å²) in [7, 11) is 1.23. The Morgan fingerprint density at radius 2 is 1.49 bits per heavy atom. The highest BCUT2D eigenvalue weighted by Gasteiger charge is 2.29.